The number of halogens is 2. The second-order valence-electron chi connectivity index (χ2n) is 6.25. The maximum atomic E-state index is 6.05. The first kappa shape index (κ1) is 20.0. The zero-order chi connectivity index (χ0) is 19.2. The van der Waals surface area contributed by atoms with E-state index in [2.05, 4.69) is 81.1 Å². The Bertz CT molecular complexity index is 913. The van der Waals surface area contributed by atoms with Gasteiger partial charge in [0.1, 0.15) is 6.61 Å². The smallest absolute Gasteiger partial charge is 0.174 e. The Kier molecular flexibility index (Phi) is 7.01. The fraction of sp³-hybridized carbons (Fsp3) is 0.182. The first-order chi connectivity index (χ1) is 13.0. The van der Waals surface area contributed by atoms with Gasteiger partial charge in [0.25, 0.3) is 0 Å². The lowest BCUT2D eigenvalue weighted by Crippen LogP contribution is -2.03. The molecule has 0 radical (unpaired) electrons. The molecule has 0 spiro atoms. The summed E-state index contributed by atoms with van der Waals surface area (Å²) >= 11 is 5.75. The van der Waals surface area contributed by atoms with Crippen LogP contribution in [0.2, 0.25) is 0 Å². The van der Waals surface area contributed by atoms with Crippen molar-refractivity contribution in [2.75, 3.05) is 12.4 Å². The average Bonchev–Trinajstić information content (AvgIpc) is 2.66. The van der Waals surface area contributed by atoms with E-state index < -0.39 is 0 Å². The highest BCUT2D eigenvalue weighted by atomic mass is 127. The van der Waals surface area contributed by atoms with E-state index in [0.717, 1.165) is 42.9 Å². The Morgan fingerprint density at radius 2 is 1.78 bits per heavy atom. The number of nitrogens with one attached hydrogen (secondary N) is 1. The molecule has 0 fully saturated rings. The highest BCUT2D eigenvalue weighted by Crippen LogP contribution is 2.35. The third-order valence-electron chi connectivity index (χ3n) is 4.10. The van der Waals surface area contributed by atoms with Gasteiger partial charge in [0, 0.05) is 16.7 Å². The Hall–Kier alpha value is -1.73. The summed E-state index contributed by atoms with van der Waals surface area (Å²) in [6.45, 7) is 3.32. The Morgan fingerprint density at radius 3 is 2.48 bits per heavy atom. The minimum atomic E-state index is 0.501. The summed E-state index contributed by atoms with van der Waals surface area (Å²) in [7, 11) is 1.68. The lowest BCUT2D eigenvalue weighted by molar-refractivity contribution is 0.282. The Balaban J connectivity index is 1.71. The zero-order valence-corrected chi connectivity index (χ0v) is 19.0. The molecule has 0 saturated heterocycles. The Labute approximate surface area is 182 Å². The van der Waals surface area contributed by atoms with Gasteiger partial charge in [-0.15, -0.1) is 0 Å². The van der Waals surface area contributed by atoms with Crippen molar-refractivity contribution in [1.29, 1.82) is 0 Å². The molecule has 3 aromatic rings. The van der Waals surface area contributed by atoms with E-state index in [-0.39, 0.29) is 0 Å². The number of aryl methyl sites for hydroxylation is 1. The van der Waals surface area contributed by atoms with Crippen molar-refractivity contribution >= 4 is 44.2 Å². The molecule has 3 aromatic carbocycles. The van der Waals surface area contributed by atoms with Crippen molar-refractivity contribution < 1.29 is 9.47 Å². The van der Waals surface area contributed by atoms with Gasteiger partial charge in [-0.05, 0) is 82.6 Å². The van der Waals surface area contributed by atoms with Crippen LogP contribution in [0, 0.1) is 10.5 Å². The predicted molar refractivity (Wildman–Crippen MR) is 123 cm³/mol. The molecule has 0 aliphatic carbocycles. The van der Waals surface area contributed by atoms with Gasteiger partial charge in [-0.3, -0.25) is 0 Å². The van der Waals surface area contributed by atoms with Crippen LogP contribution < -0.4 is 14.8 Å². The van der Waals surface area contributed by atoms with E-state index in [9.17, 15) is 0 Å². The van der Waals surface area contributed by atoms with Gasteiger partial charge in [-0.25, -0.2) is 0 Å². The summed E-state index contributed by atoms with van der Waals surface area (Å²) in [6, 6.07) is 20.6. The highest BCUT2D eigenvalue weighted by Gasteiger charge is 2.12. The van der Waals surface area contributed by atoms with Crippen molar-refractivity contribution in [2.24, 2.45) is 0 Å². The molecule has 140 valence electrons. The summed E-state index contributed by atoms with van der Waals surface area (Å²) in [5.74, 6) is 1.53. The zero-order valence-electron chi connectivity index (χ0n) is 15.3. The van der Waals surface area contributed by atoms with Gasteiger partial charge in [-0.2, -0.15) is 0 Å². The molecule has 3 nitrogen and oxygen atoms in total. The molecule has 0 atom stereocenters. The normalized spacial score (nSPS) is 10.5. The maximum Gasteiger partial charge on any atom is 0.174 e. The monoisotopic (exact) mass is 537 g/mol. The van der Waals surface area contributed by atoms with Crippen LogP contribution in [0.5, 0.6) is 11.5 Å². The number of hydrogen-bond donors (Lipinski definition) is 1. The fourth-order valence-corrected chi connectivity index (χ4v) is 3.80. The van der Waals surface area contributed by atoms with Gasteiger partial charge in [0.15, 0.2) is 11.5 Å². The number of benzene rings is 3. The maximum absolute atomic E-state index is 6.05. The quantitative estimate of drug-likeness (QED) is 0.346. The van der Waals surface area contributed by atoms with Crippen LogP contribution in [-0.4, -0.2) is 7.11 Å². The summed E-state index contributed by atoms with van der Waals surface area (Å²) < 4.78 is 13.7. The Morgan fingerprint density at radius 1 is 1.00 bits per heavy atom. The first-order valence-corrected chi connectivity index (χ1v) is 10.5. The minimum absolute atomic E-state index is 0.501. The third kappa shape index (κ3) is 5.62. The SMILES string of the molecule is COc1cc(CNc2cccc(C)c2)cc(I)c1OCc1ccc(Br)cc1. The third-order valence-corrected chi connectivity index (χ3v) is 5.43. The second kappa shape index (κ2) is 9.46. The number of methoxy groups -OCH3 is 1. The van der Waals surface area contributed by atoms with Gasteiger partial charge in [0.05, 0.1) is 10.7 Å². The van der Waals surface area contributed by atoms with Crippen molar-refractivity contribution in [2.45, 2.75) is 20.1 Å². The largest absolute Gasteiger partial charge is 0.493 e. The topological polar surface area (TPSA) is 30.5 Å². The number of anilines is 1. The van der Waals surface area contributed by atoms with Crippen molar-refractivity contribution in [3.63, 3.8) is 0 Å². The highest BCUT2D eigenvalue weighted by molar-refractivity contribution is 14.1. The van der Waals surface area contributed by atoms with Crippen LogP contribution in [0.15, 0.2) is 65.1 Å². The molecule has 0 unspecified atom stereocenters. The van der Waals surface area contributed by atoms with Gasteiger partial charge >= 0.3 is 0 Å². The number of hydrogen-bond acceptors (Lipinski definition) is 3. The average molecular weight is 538 g/mol. The first-order valence-electron chi connectivity index (χ1n) is 8.59. The molecular weight excluding hydrogens is 517 g/mol. The van der Waals surface area contributed by atoms with Crippen LogP contribution in [0.1, 0.15) is 16.7 Å². The fourth-order valence-electron chi connectivity index (χ4n) is 2.71. The van der Waals surface area contributed by atoms with Crippen molar-refractivity contribution in [1.82, 2.24) is 0 Å². The molecule has 0 amide bonds. The van der Waals surface area contributed by atoms with Crippen LogP contribution in [0.4, 0.5) is 5.69 Å². The van der Waals surface area contributed by atoms with Gasteiger partial charge in [-0.1, -0.05) is 40.2 Å². The molecule has 0 aliphatic rings. The molecule has 3 rings (SSSR count). The molecule has 5 heteroatoms. The molecular formula is C22H21BrINO2. The van der Waals surface area contributed by atoms with Crippen LogP contribution in [0.25, 0.3) is 0 Å². The number of ether oxygens (including phenoxy) is 2. The molecule has 27 heavy (non-hydrogen) atoms. The van der Waals surface area contributed by atoms with E-state index in [1.54, 1.807) is 7.11 Å². The van der Waals surface area contributed by atoms with E-state index in [0.29, 0.717) is 6.61 Å². The lowest BCUT2D eigenvalue weighted by Gasteiger charge is -2.15. The van der Waals surface area contributed by atoms with Gasteiger partial charge in [0.2, 0.25) is 0 Å². The van der Waals surface area contributed by atoms with E-state index in [1.165, 1.54) is 5.56 Å². The summed E-state index contributed by atoms with van der Waals surface area (Å²) in [5.41, 5.74) is 4.61. The molecule has 0 saturated carbocycles. The summed E-state index contributed by atoms with van der Waals surface area (Å²) in [4.78, 5) is 0. The van der Waals surface area contributed by atoms with Crippen LogP contribution >= 0.6 is 38.5 Å². The van der Waals surface area contributed by atoms with Crippen molar-refractivity contribution in [3.05, 3.63) is 85.4 Å². The molecule has 0 heterocycles. The molecule has 0 aliphatic heterocycles. The van der Waals surface area contributed by atoms with Gasteiger partial charge < -0.3 is 14.8 Å². The lowest BCUT2D eigenvalue weighted by atomic mass is 10.1. The van der Waals surface area contributed by atoms with E-state index in [1.807, 2.05) is 30.3 Å². The molecule has 1 N–H and O–H groups in total. The summed E-state index contributed by atoms with van der Waals surface area (Å²) in [6.07, 6.45) is 0. The van der Waals surface area contributed by atoms with E-state index in [4.69, 9.17) is 9.47 Å². The second-order valence-corrected chi connectivity index (χ2v) is 8.33. The molecule has 0 bridgehead atoms. The van der Waals surface area contributed by atoms with Crippen LogP contribution in [0.3, 0.4) is 0 Å². The van der Waals surface area contributed by atoms with Crippen molar-refractivity contribution in [3.8, 4) is 11.5 Å². The molecule has 0 aromatic heterocycles. The minimum Gasteiger partial charge on any atom is -0.493 e. The van der Waals surface area contributed by atoms with Crippen LogP contribution in [-0.2, 0) is 13.2 Å². The standard InChI is InChI=1S/C22H21BrINO2/c1-15-4-3-5-19(10-15)25-13-17-11-20(24)22(21(12-17)26-2)27-14-16-6-8-18(23)9-7-16/h3-12,25H,13-14H2,1-2H3. The predicted octanol–water partition coefficient (Wildman–Crippen LogP) is 6.56. The summed E-state index contributed by atoms with van der Waals surface area (Å²) in [5, 5.41) is 3.46. The van der Waals surface area contributed by atoms with E-state index >= 15 is 0 Å². The number of rotatable bonds is 7.